The molecule has 1 aliphatic rings. The van der Waals surface area contributed by atoms with Crippen molar-refractivity contribution in [3.63, 3.8) is 0 Å². The van der Waals surface area contributed by atoms with Gasteiger partial charge in [0.2, 0.25) is 10.0 Å². The number of hydrogen-bond donors (Lipinski definition) is 1. The second kappa shape index (κ2) is 6.19. The van der Waals surface area contributed by atoms with Gasteiger partial charge in [-0.05, 0) is 55.5 Å². The van der Waals surface area contributed by atoms with Gasteiger partial charge in [-0.2, -0.15) is 4.31 Å². The first-order valence-electron chi connectivity index (χ1n) is 7.99. The van der Waals surface area contributed by atoms with Crippen LogP contribution in [0.3, 0.4) is 0 Å². The quantitative estimate of drug-likeness (QED) is 0.934. The van der Waals surface area contributed by atoms with E-state index in [-0.39, 0.29) is 5.92 Å². The summed E-state index contributed by atoms with van der Waals surface area (Å²) in [6.07, 6.45) is 2.54. The average Bonchev–Trinajstić information content (AvgIpc) is 2.55. The lowest BCUT2D eigenvalue weighted by Crippen LogP contribution is -2.45. The van der Waals surface area contributed by atoms with Gasteiger partial charge >= 0.3 is 0 Å². The smallest absolute Gasteiger partial charge is 0.243 e. The van der Waals surface area contributed by atoms with E-state index in [4.69, 9.17) is 5.73 Å². The van der Waals surface area contributed by atoms with Crippen LogP contribution in [0.15, 0.2) is 35.4 Å². The molecule has 0 spiro atoms. The number of rotatable bonds is 3. The topological polar surface area (TPSA) is 76.3 Å². The number of sulfonamides is 1. The Balaban J connectivity index is 2.06. The van der Waals surface area contributed by atoms with Crippen LogP contribution in [0.1, 0.15) is 18.9 Å². The molecule has 1 aromatic heterocycles. The summed E-state index contributed by atoms with van der Waals surface area (Å²) in [5, 5.41) is 0.690. The standard InChI is InChI=1S/C17H23N3O2S/c1-12-7-9-20(11-14(12)10-18)23(21,22)16-6-5-13(2)17-15(16)4-3-8-19-17/h3-6,8,12,14H,7,9-11,18H2,1-2H3. The fourth-order valence-electron chi connectivity index (χ4n) is 3.29. The zero-order valence-electron chi connectivity index (χ0n) is 13.6. The van der Waals surface area contributed by atoms with E-state index in [0.29, 0.717) is 35.8 Å². The minimum absolute atomic E-state index is 0.216. The molecule has 1 saturated heterocycles. The largest absolute Gasteiger partial charge is 0.330 e. The van der Waals surface area contributed by atoms with Crippen LogP contribution < -0.4 is 5.73 Å². The first-order chi connectivity index (χ1) is 10.9. The monoisotopic (exact) mass is 333 g/mol. The number of aryl methyl sites for hydroxylation is 1. The van der Waals surface area contributed by atoms with Crippen molar-refractivity contribution in [1.29, 1.82) is 0 Å². The molecule has 0 amide bonds. The molecule has 1 aliphatic heterocycles. The van der Waals surface area contributed by atoms with Crippen molar-refractivity contribution in [2.75, 3.05) is 19.6 Å². The van der Waals surface area contributed by atoms with Gasteiger partial charge in [-0.15, -0.1) is 0 Å². The maximum absolute atomic E-state index is 13.1. The van der Waals surface area contributed by atoms with E-state index in [1.54, 1.807) is 22.6 Å². The molecule has 5 nitrogen and oxygen atoms in total. The van der Waals surface area contributed by atoms with Gasteiger partial charge in [0.15, 0.2) is 0 Å². The van der Waals surface area contributed by atoms with Crippen LogP contribution in [0.25, 0.3) is 10.9 Å². The van der Waals surface area contributed by atoms with E-state index in [1.807, 2.05) is 19.1 Å². The van der Waals surface area contributed by atoms with E-state index >= 15 is 0 Å². The Hall–Kier alpha value is -1.50. The number of pyridine rings is 1. The van der Waals surface area contributed by atoms with Gasteiger partial charge in [0.05, 0.1) is 10.4 Å². The molecule has 2 unspecified atom stereocenters. The van der Waals surface area contributed by atoms with Gasteiger partial charge in [-0.25, -0.2) is 8.42 Å². The highest BCUT2D eigenvalue weighted by Crippen LogP contribution is 2.31. The maximum Gasteiger partial charge on any atom is 0.243 e. The Labute approximate surface area is 137 Å². The first-order valence-corrected chi connectivity index (χ1v) is 9.43. The molecular formula is C17H23N3O2S. The number of hydrogen-bond acceptors (Lipinski definition) is 4. The Bertz CT molecular complexity index is 820. The van der Waals surface area contributed by atoms with Crippen molar-refractivity contribution < 1.29 is 8.42 Å². The number of aromatic nitrogens is 1. The molecule has 2 heterocycles. The highest BCUT2D eigenvalue weighted by atomic mass is 32.2. The van der Waals surface area contributed by atoms with E-state index in [2.05, 4.69) is 11.9 Å². The Morgan fingerprint density at radius 1 is 1.35 bits per heavy atom. The summed E-state index contributed by atoms with van der Waals surface area (Å²) >= 11 is 0. The number of benzene rings is 1. The van der Waals surface area contributed by atoms with Crippen LogP contribution >= 0.6 is 0 Å². The first kappa shape index (κ1) is 16.4. The molecule has 6 heteroatoms. The fourth-order valence-corrected chi connectivity index (χ4v) is 4.99. The van der Waals surface area contributed by atoms with Crippen LogP contribution in [0, 0.1) is 18.8 Å². The second-order valence-electron chi connectivity index (χ2n) is 6.40. The lowest BCUT2D eigenvalue weighted by Gasteiger charge is -2.35. The summed E-state index contributed by atoms with van der Waals surface area (Å²) in [7, 11) is -3.53. The SMILES string of the molecule is Cc1ccc(S(=O)(=O)N2CCC(C)C(CN)C2)c2cccnc12. The molecule has 0 bridgehead atoms. The Morgan fingerprint density at radius 3 is 2.87 bits per heavy atom. The van der Waals surface area contributed by atoms with Crippen molar-refractivity contribution in [2.24, 2.45) is 17.6 Å². The number of nitrogens with two attached hydrogens (primary N) is 1. The lowest BCUT2D eigenvalue weighted by molar-refractivity contribution is 0.203. The highest BCUT2D eigenvalue weighted by Gasteiger charge is 2.34. The molecule has 1 aromatic carbocycles. The normalized spacial score (nSPS) is 23.3. The van der Waals surface area contributed by atoms with Crippen molar-refractivity contribution in [3.05, 3.63) is 36.0 Å². The molecule has 124 valence electrons. The fraction of sp³-hybridized carbons (Fsp3) is 0.471. The second-order valence-corrected chi connectivity index (χ2v) is 8.31. The summed E-state index contributed by atoms with van der Waals surface area (Å²) in [6.45, 7) is 5.65. The number of nitrogens with zero attached hydrogens (tertiary/aromatic N) is 2. The predicted molar refractivity (Wildman–Crippen MR) is 91.6 cm³/mol. The van der Waals surface area contributed by atoms with Crippen LogP contribution in [-0.4, -0.2) is 37.3 Å². The van der Waals surface area contributed by atoms with E-state index in [9.17, 15) is 8.42 Å². The highest BCUT2D eigenvalue weighted by molar-refractivity contribution is 7.89. The van der Waals surface area contributed by atoms with Crippen molar-refractivity contribution >= 4 is 20.9 Å². The number of piperidine rings is 1. The van der Waals surface area contributed by atoms with Crippen LogP contribution in [0.2, 0.25) is 0 Å². The molecule has 2 aromatic rings. The third kappa shape index (κ3) is 2.86. The van der Waals surface area contributed by atoms with Gasteiger partial charge in [0.1, 0.15) is 0 Å². The Kier molecular flexibility index (Phi) is 4.40. The molecule has 2 N–H and O–H groups in total. The molecule has 0 radical (unpaired) electrons. The third-order valence-corrected chi connectivity index (χ3v) is 6.85. The molecule has 1 fully saturated rings. The summed E-state index contributed by atoms with van der Waals surface area (Å²) < 4.78 is 27.9. The summed E-state index contributed by atoms with van der Waals surface area (Å²) in [5.74, 6) is 0.677. The van der Waals surface area contributed by atoms with E-state index < -0.39 is 10.0 Å². The van der Waals surface area contributed by atoms with Crippen LogP contribution in [-0.2, 0) is 10.0 Å². The molecule has 2 atom stereocenters. The molecule has 3 rings (SSSR count). The lowest BCUT2D eigenvalue weighted by atomic mass is 9.88. The van der Waals surface area contributed by atoms with E-state index in [0.717, 1.165) is 17.5 Å². The minimum atomic E-state index is -3.53. The number of fused-ring (bicyclic) bond motifs is 1. The molecular weight excluding hydrogens is 310 g/mol. The van der Waals surface area contributed by atoms with Crippen LogP contribution in [0.5, 0.6) is 0 Å². The van der Waals surface area contributed by atoms with Crippen molar-refractivity contribution in [3.8, 4) is 0 Å². The summed E-state index contributed by atoms with van der Waals surface area (Å²) in [5.41, 5.74) is 7.54. The van der Waals surface area contributed by atoms with Gasteiger partial charge in [0.25, 0.3) is 0 Å². The average molecular weight is 333 g/mol. The summed E-state index contributed by atoms with van der Waals surface area (Å²) in [4.78, 5) is 4.68. The van der Waals surface area contributed by atoms with Gasteiger partial charge in [-0.1, -0.05) is 13.0 Å². The minimum Gasteiger partial charge on any atom is -0.330 e. The van der Waals surface area contributed by atoms with Crippen molar-refractivity contribution in [1.82, 2.24) is 9.29 Å². The van der Waals surface area contributed by atoms with E-state index in [1.165, 1.54) is 0 Å². The summed E-state index contributed by atoms with van der Waals surface area (Å²) in [6, 6.07) is 7.14. The maximum atomic E-state index is 13.1. The van der Waals surface area contributed by atoms with Gasteiger partial charge in [0, 0.05) is 24.7 Å². The van der Waals surface area contributed by atoms with Gasteiger partial charge in [-0.3, -0.25) is 4.98 Å². The predicted octanol–water partition coefficient (Wildman–Crippen LogP) is 2.15. The zero-order valence-corrected chi connectivity index (χ0v) is 14.4. The molecule has 23 heavy (non-hydrogen) atoms. The van der Waals surface area contributed by atoms with Crippen LogP contribution in [0.4, 0.5) is 0 Å². The molecule has 0 saturated carbocycles. The molecule has 0 aliphatic carbocycles. The zero-order chi connectivity index (χ0) is 16.6. The third-order valence-electron chi connectivity index (χ3n) is 4.93. The van der Waals surface area contributed by atoms with Gasteiger partial charge < -0.3 is 5.73 Å². The Morgan fingerprint density at radius 2 is 2.13 bits per heavy atom. The van der Waals surface area contributed by atoms with Crippen molar-refractivity contribution in [2.45, 2.75) is 25.2 Å².